The van der Waals surface area contributed by atoms with Crippen LogP contribution in [0.4, 0.5) is 0 Å². The molecule has 19 heavy (non-hydrogen) atoms. The molecular weight excluding hydrogens is 340 g/mol. The average molecular weight is 359 g/mol. The Morgan fingerprint density at radius 3 is 2.89 bits per heavy atom. The molecule has 1 unspecified atom stereocenters. The summed E-state index contributed by atoms with van der Waals surface area (Å²) in [6, 6.07) is 6.94. The van der Waals surface area contributed by atoms with Crippen molar-refractivity contribution in [3.8, 4) is 0 Å². The Labute approximate surface area is 131 Å². The second-order valence-electron chi connectivity index (χ2n) is 4.69. The van der Waals surface area contributed by atoms with Gasteiger partial charge in [0, 0.05) is 30.6 Å². The summed E-state index contributed by atoms with van der Waals surface area (Å²) >= 11 is 7.07. The molecule has 0 fully saturated rings. The summed E-state index contributed by atoms with van der Waals surface area (Å²) < 4.78 is 1.21. The van der Waals surface area contributed by atoms with Crippen molar-refractivity contribution in [1.82, 2.24) is 10.2 Å². The predicted octanol–water partition coefficient (Wildman–Crippen LogP) is 4.35. The van der Waals surface area contributed by atoms with Gasteiger partial charge in [0.2, 0.25) is 0 Å². The molecule has 0 aliphatic carbocycles. The lowest BCUT2D eigenvalue weighted by Crippen LogP contribution is -2.30. The molecule has 0 aliphatic heterocycles. The van der Waals surface area contributed by atoms with Crippen LogP contribution in [-0.2, 0) is 6.54 Å². The molecule has 0 saturated carbocycles. The largest absolute Gasteiger partial charge is 0.308 e. The van der Waals surface area contributed by atoms with Gasteiger partial charge in [0.1, 0.15) is 0 Å². The summed E-state index contributed by atoms with van der Waals surface area (Å²) in [5.74, 6) is 0. The molecule has 0 amide bonds. The van der Waals surface area contributed by atoms with Gasteiger partial charge in [-0.2, -0.15) is 0 Å². The van der Waals surface area contributed by atoms with E-state index >= 15 is 0 Å². The van der Waals surface area contributed by atoms with E-state index in [0.717, 1.165) is 19.6 Å². The first kappa shape index (κ1) is 15.2. The van der Waals surface area contributed by atoms with Crippen LogP contribution < -0.4 is 5.32 Å². The maximum Gasteiger partial charge on any atom is 0.0701 e. The number of hydrogen-bond donors (Lipinski definition) is 1. The molecule has 0 bridgehead atoms. The van der Waals surface area contributed by atoms with E-state index < -0.39 is 0 Å². The van der Waals surface area contributed by atoms with Crippen molar-refractivity contribution < 1.29 is 0 Å². The second-order valence-corrected chi connectivity index (χ2v) is 7.96. The quantitative estimate of drug-likeness (QED) is 0.790. The van der Waals surface area contributed by atoms with Crippen molar-refractivity contribution in [3.63, 3.8) is 0 Å². The van der Waals surface area contributed by atoms with Crippen LogP contribution in [0, 0.1) is 0 Å². The Hall–Kier alpha value is -0.200. The van der Waals surface area contributed by atoms with Gasteiger partial charge in [-0.3, -0.25) is 0 Å². The minimum atomic E-state index is 0.448. The van der Waals surface area contributed by atoms with Crippen LogP contribution in [0.15, 0.2) is 32.7 Å². The first-order valence-corrected chi connectivity index (χ1v) is 8.88. The fourth-order valence-corrected chi connectivity index (χ4v) is 3.89. The lowest BCUT2D eigenvalue weighted by Gasteiger charge is -2.18. The molecule has 0 aromatic carbocycles. The number of hydrogen-bond acceptors (Lipinski definition) is 4. The smallest absolute Gasteiger partial charge is 0.0701 e. The van der Waals surface area contributed by atoms with E-state index in [0.29, 0.717) is 6.04 Å². The number of nitrogens with one attached hydrogen (secondary N) is 1. The number of nitrogens with zero attached hydrogens (tertiary/aromatic N) is 1. The van der Waals surface area contributed by atoms with E-state index in [4.69, 9.17) is 0 Å². The third-order valence-corrected chi connectivity index (χ3v) is 5.60. The highest BCUT2D eigenvalue weighted by Crippen LogP contribution is 2.21. The van der Waals surface area contributed by atoms with Crippen molar-refractivity contribution in [2.24, 2.45) is 0 Å². The normalized spacial score (nSPS) is 13.1. The first-order valence-electron chi connectivity index (χ1n) is 6.33. The summed E-state index contributed by atoms with van der Waals surface area (Å²) in [5.41, 5.74) is 1.38. The van der Waals surface area contributed by atoms with Crippen molar-refractivity contribution in [1.29, 1.82) is 0 Å². The first-order chi connectivity index (χ1) is 9.15. The van der Waals surface area contributed by atoms with E-state index in [9.17, 15) is 0 Å². The molecule has 2 aromatic rings. The maximum absolute atomic E-state index is 3.57. The Kier molecular flexibility index (Phi) is 6.04. The predicted molar refractivity (Wildman–Crippen MR) is 89.1 cm³/mol. The van der Waals surface area contributed by atoms with Crippen LogP contribution in [0.1, 0.15) is 23.4 Å². The monoisotopic (exact) mass is 358 g/mol. The number of likely N-dealkylation sites (N-methyl/N-ethyl adjacent to an activating group) is 1. The molecule has 2 aromatic heterocycles. The van der Waals surface area contributed by atoms with Gasteiger partial charge >= 0.3 is 0 Å². The zero-order valence-corrected chi connectivity index (χ0v) is 14.4. The molecule has 5 heteroatoms. The van der Waals surface area contributed by atoms with Gasteiger partial charge in [-0.1, -0.05) is 6.07 Å². The molecule has 1 N–H and O–H groups in total. The standard InChI is InChI=1S/C14H19BrN2S2/c1-11(13-4-3-7-18-13)16-5-6-17(2)9-12-8-14(15)19-10-12/h3-4,7-8,10-11,16H,5-6,9H2,1-2H3. The third-order valence-electron chi connectivity index (χ3n) is 2.99. The fourth-order valence-electron chi connectivity index (χ4n) is 1.93. The highest BCUT2D eigenvalue weighted by Gasteiger charge is 2.06. The Morgan fingerprint density at radius 1 is 1.42 bits per heavy atom. The third kappa shape index (κ3) is 5.00. The molecule has 0 saturated heterocycles. The van der Waals surface area contributed by atoms with Gasteiger partial charge in [0.05, 0.1) is 3.79 Å². The zero-order chi connectivity index (χ0) is 13.7. The summed E-state index contributed by atoms with van der Waals surface area (Å²) in [5, 5.41) is 7.91. The molecule has 2 rings (SSSR count). The highest BCUT2D eigenvalue weighted by molar-refractivity contribution is 9.11. The van der Waals surface area contributed by atoms with E-state index in [2.05, 4.69) is 69.1 Å². The molecule has 1 atom stereocenters. The fraction of sp³-hybridized carbons (Fsp3) is 0.429. The average Bonchev–Trinajstić information content (AvgIpc) is 3.00. The molecule has 0 radical (unpaired) electrons. The summed E-state index contributed by atoms with van der Waals surface area (Å²) in [6.07, 6.45) is 0. The van der Waals surface area contributed by atoms with Gasteiger partial charge in [-0.15, -0.1) is 22.7 Å². The molecule has 104 valence electrons. The van der Waals surface area contributed by atoms with Crippen molar-refractivity contribution >= 4 is 38.6 Å². The van der Waals surface area contributed by atoms with E-state index in [1.807, 2.05) is 11.3 Å². The molecular formula is C14H19BrN2S2. The van der Waals surface area contributed by atoms with Crippen molar-refractivity contribution in [2.45, 2.75) is 19.5 Å². The second kappa shape index (κ2) is 7.55. The summed E-state index contributed by atoms with van der Waals surface area (Å²) in [7, 11) is 2.17. The minimum Gasteiger partial charge on any atom is -0.308 e. The lowest BCUT2D eigenvalue weighted by molar-refractivity contribution is 0.319. The van der Waals surface area contributed by atoms with Crippen LogP contribution in [0.3, 0.4) is 0 Å². The molecule has 0 aliphatic rings. The molecule has 0 spiro atoms. The molecule has 2 heterocycles. The van der Waals surface area contributed by atoms with Gasteiger partial charge < -0.3 is 10.2 Å². The van der Waals surface area contributed by atoms with Crippen molar-refractivity contribution in [2.75, 3.05) is 20.1 Å². The van der Waals surface area contributed by atoms with Crippen LogP contribution in [0.25, 0.3) is 0 Å². The number of thiophene rings is 2. The van der Waals surface area contributed by atoms with Crippen LogP contribution in [-0.4, -0.2) is 25.0 Å². The summed E-state index contributed by atoms with van der Waals surface area (Å²) in [6.45, 7) is 5.31. The lowest BCUT2D eigenvalue weighted by atomic mass is 10.2. The SMILES string of the molecule is CC(NCCN(C)Cc1csc(Br)c1)c1cccs1. The number of rotatable bonds is 7. The summed E-state index contributed by atoms with van der Waals surface area (Å²) in [4.78, 5) is 3.76. The topological polar surface area (TPSA) is 15.3 Å². The van der Waals surface area contributed by atoms with Gasteiger partial charge in [0.15, 0.2) is 0 Å². The van der Waals surface area contributed by atoms with Crippen LogP contribution in [0.2, 0.25) is 0 Å². The van der Waals surface area contributed by atoms with E-state index in [1.54, 1.807) is 11.3 Å². The Balaban J connectivity index is 1.68. The van der Waals surface area contributed by atoms with Gasteiger partial charge in [-0.05, 0) is 58.4 Å². The number of halogens is 1. The Bertz CT molecular complexity index is 481. The van der Waals surface area contributed by atoms with Gasteiger partial charge in [-0.25, -0.2) is 0 Å². The van der Waals surface area contributed by atoms with E-state index in [1.165, 1.54) is 14.2 Å². The van der Waals surface area contributed by atoms with E-state index in [-0.39, 0.29) is 0 Å². The van der Waals surface area contributed by atoms with Gasteiger partial charge in [0.25, 0.3) is 0 Å². The highest BCUT2D eigenvalue weighted by atomic mass is 79.9. The minimum absolute atomic E-state index is 0.448. The van der Waals surface area contributed by atoms with Crippen LogP contribution >= 0.6 is 38.6 Å². The maximum atomic E-state index is 3.57. The zero-order valence-electron chi connectivity index (χ0n) is 11.2. The Morgan fingerprint density at radius 2 is 2.26 bits per heavy atom. The van der Waals surface area contributed by atoms with Crippen molar-refractivity contribution in [3.05, 3.63) is 43.2 Å². The molecule has 2 nitrogen and oxygen atoms in total. The van der Waals surface area contributed by atoms with Crippen LogP contribution in [0.5, 0.6) is 0 Å².